The molecule has 4 aliphatic carbocycles. The molecule has 8 nitrogen and oxygen atoms in total. The highest BCUT2D eigenvalue weighted by Gasteiger charge is 2.85. The number of hydrogen-bond acceptors (Lipinski definition) is 8. The maximum absolute atomic E-state index is 13.1. The third kappa shape index (κ3) is 4.20. The lowest BCUT2D eigenvalue weighted by molar-refractivity contribution is -0.186. The van der Waals surface area contributed by atoms with Crippen molar-refractivity contribution in [3.63, 3.8) is 0 Å². The van der Waals surface area contributed by atoms with Crippen molar-refractivity contribution in [1.29, 1.82) is 0 Å². The molecule has 0 aromatic rings. The van der Waals surface area contributed by atoms with Crippen LogP contribution < -0.4 is 0 Å². The van der Waals surface area contributed by atoms with Crippen LogP contribution in [0.4, 0.5) is 0 Å². The molecule has 2 fully saturated rings. The van der Waals surface area contributed by atoms with Crippen molar-refractivity contribution in [2.75, 3.05) is 13.2 Å². The molecule has 8 heteroatoms. The van der Waals surface area contributed by atoms with E-state index in [-0.39, 0.29) is 32.0 Å². The maximum Gasteiger partial charge on any atom is 0.305 e. The van der Waals surface area contributed by atoms with E-state index in [1.54, 1.807) is 19.1 Å². The van der Waals surface area contributed by atoms with E-state index in [1.807, 2.05) is 26.8 Å². The number of aliphatic hydroxyl groups excluding tert-OH is 1. The molecule has 0 aliphatic heterocycles. The van der Waals surface area contributed by atoms with Crippen LogP contribution in [0.3, 0.4) is 0 Å². The summed E-state index contributed by atoms with van der Waals surface area (Å²) in [6, 6.07) is 0. The lowest BCUT2D eigenvalue weighted by Crippen LogP contribution is -2.61. The van der Waals surface area contributed by atoms with Crippen LogP contribution in [0.5, 0.6) is 0 Å². The molecule has 3 N–H and O–H groups in total. The van der Waals surface area contributed by atoms with Crippen molar-refractivity contribution in [3.8, 4) is 0 Å². The average molecular weight is 531 g/mol. The van der Waals surface area contributed by atoms with Crippen LogP contribution >= 0.6 is 0 Å². The van der Waals surface area contributed by atoms with Gasteiger partial charge in [0, 0.05) is 42.9 Å². The van der Waals surface area contributed by atoms with Crippen LogP contribution in [0.25, 0.3) is 0 Å². The fourth-order valence-electron chi connectivity index (χ4n) is 7.88. The van der Waals surface area contributed by atoms with Crippen molar-refractivity contribution < 1.29 is 39.2 Å². The standard InChI is InChI=1S/C30H42O8/c1-6-7-8-9-10-11-24(33)37-17-27(5)25-22-13-21(16-31)15-28(35)23(12-18(2)26(28)34)30(22,36)19(3)14-29(25,27)38-20(4)32/h6-7,12-13,19,22-23,25,31,35-36H,8-11,14-17H2,1-5H3/t19-,22+,23-,25-,27-,28-,29+,30-/m1/s1. The van der Waals surface area contributed by atoms with Gasteiger partial charge in [-0.3, -0.25) is 14.4 Å². The molecule has 0 bridgehead atoms. The second-order valence-corrected chi connectivity index (χ2v) is 12.1. The van der Waals surface area contributed by atoms with Crippen molar-refractivity contribution >= 4 is 17.7 Å². The van der Waals surface area contributed by atoms with Crippen LogP contribution in [0.1, 0.15) is 73.1 Å². The fraction of sp³-hybridized carbons (Fsp3) is 0.700. The number of unbranched alkanes of at least 4 members (excludes halogenated alkanes) is 2. The Kier molecular flexibility index (Phi) is 7.58. The number of Topliss-reactive ketones (excluding diaryl/α,β-unsaturated/α-hetero) is 1. The Labute approximate surface area is 224 Å². The van der Waals surface area contributed by atoms with Crippen molar-refractivity contribution in [3.05, 3.63) is 35.5 Å². The third-order valence-corrected chi connectivity index (χ3v) is 9.76. The summed E-state index contributed by atoms with van der Waals surface area (Å²) in [4.78, 5) is 38.0. The van der Waals surface area contributed by atoms with Gasteiger partial charge in [-0.05, 0) is 56.6 Å². The van der Waals surface area contributed by atoms with Crippen molar-refractivity contribution in [2.24, 2.45) is 29.1 Å². The first-order chi connectivity index (χ1) is 17.8. The van der Waals surface area contributed by atoms with Crippen LogP contribution in [-0.2, 0) is 23.9 Å². The van der Waals surface area contributed by atoms with E-state index in [0.717, 1.165) is 12.8 Å². The molecule has 0 amide bonds. The van der Waals surface area contributed by atoms with Gasteiger partial charge in [0.05, 0.1) is 12.2 Å². The largest absolute Gasteiger partial charge is 0.465 e. The molecule has 4 aliphatic rings. The van der Waals surface area contributed by atoms with Crippen molar-refractivity contribution in [2.45, 2.75) is 89.9 Å². The topological polar surface area (TPSA) is 130 Å². The maximum atomic E-state index is 13.1. The van der Waals surface area contributed by atoms with E-state index in [1.165, 1.54) is 6.92 Å². The third-order valence-electron chi connectivity index (χ3n) is 9.76. The first-order valence-electron chi connectivity index (χ1n) is 13.8. The quantitative estimate of drug-likeness (QED) is 0.235. The predicted octanol–water partition coefficient (Wildman–Crippen LogP) is 3.19. The van der Waals surface area contributed by atoms with E-state index in [0.29, 0.717) is 24.0 Å². The Morgan fingerprint density at radius 2 is 1.92 bits per heavy atom. The van der Waals surface area contributed by atoms with E-state index in [2.05, 4.69) is 6.08 Å². The number of esters is 2. The van der Waals surface area contributed by atoms with Crippen LogP contribution in [0.15, 0.2) is 35.5 Å². The molecule has 0 aromatic heterocycles. The fourth-order valence-corrected chi connectivity index (χ4v) is 7.88. The molecule has 0 heterocycles. The molecule has 0 saturated heterocycles. The lowest BCUT2D eigenvalue weighted by atomic mass is 9.60. The summed E-state index contributed by atoms with van der Waals surface area (Å²) < 4.78 is 11.7. The number of aliphatic hydroxyl groups is 3. The summed E-state index contributed by atoms with van der Waals surface area (Å²) in [6.45, 7) is 8.32. The monoisotopic (exact) mass is 530 g/mol. The summed E-state index contributed by atoms with van der Waals surface area (Å²) in [5, 5.41) is 34.2. The SMILES string of the molecule is CC=CCCCCC(=O)OC[C@]1(C)[C@H]2[C@@H]3C=C(CO)C[C@]4(O)C(=O)C(C)=C[C@H]4[C@@]3(O)[C@H](C)C[C@]21OC(C)=O. The van der Waals surface area contributed by atoms with E-state index in [4.69, 9.17) is 9.47 Å². The highest BCUT2D eigenvalue weighted by molar-refractivity contribution is 6.04. The zero-order valence-corrected chi connectivity index (χ0v) is 23.2. The van der Waals surface area contributed by atoms with Crippen LogP contribution in [-0.4, -0.2) is 63.1 Å². The number of ether oxygens (including phenoxy) is 2. The Morgan fingerprint density at radius 1 is 1.21 bits per heavy atom. The summed E-state index contributed by atoms with van der Waals surface area (Å²) in [5.74, 6) is -3.67. The highest BCUT2D eigenvalue weighted by Crippen LogP contribution is 2.76. The Hall–Kier alpha value is -2.29. The molecule has 0 aromatic carbocycles. The number of carbonyl (C=O) groups is 3. The molecule has 38 heavy (non-hydrogen) atoms. The molecule has 0 unspecified atom stereocenters. The number of rotatable bonds is 9. The number of fused-ring (bicyclic) bond motifs is 5. The minimum atomic E-state index is -1.86. The van der Waals surface area contributed by atoms with Gasteiger partial charge in [-0.25, -0.2) is 0 Å². The molecular formula is C30H42O8. The van der Waals surface area contributed by atoms with Gasteiger partial charge < -0.3 is 24.8 Å². The number of ketones is 1. The first kappa shape index (κ1) is 28.7. The number of carbonyl (C=O) groups excluding carboxylic acids is 3. The highest BCUT2D eigenvalue weighted by atomic mass is 16.6. The summed E-state index contributed by atoms with van der Waals surface area (Å²) in [7, 11) is 0. The molecule has 4 rings (SSSR count). The van der Waals surface area contributed by atoms with E-state index < -0.39 is 57.6 Å². The lowest BCUT2D eigenvalue weighted by Gasteiger charge is -2.50. The molecule has 8 atom stereocenters. The second kappa shape index (κ2) is 10.0. The molecule has 2 saturated carbocycles. The molecule has 210 valence electrons. The van der Waals surface area contributed by atoms with Crippen LogP contribution in [0.2, 0.25) is 0 Å². The minimum absolute atomic E-state index is 0.0168. The number of hydrogen-bond donors (Lipinski definition) is 3. The summed E-state index contributed by atoms with van der Waals surface area (Å²) >= 11 is 0. The zero-order valence-electron chi connectivity index (χ0n) is 23.2. The van der Waals surface area contributed by atoms with E-state index >= 15 is 0 Å². The summed E-state index contributed by atoms with van der Waals surface area (Å²) in [5.41, 5.74) is -4.33. The number of allylic oxidation sites excluding steroid dienone is 2. The van der Waals surface area contributed by atoms with Gasteiger partial charge in [-0.2, -0.15) is 0 Å². The van der Waals surface area contributed by atoms with Gasteiger partial charge in [0.2, 0.25) is 0 Å². The van der Waals surface area contributed by atoms with E-state index in [9.17, 15) is 29.7 Å². The molecule has 0 spiro atoms. The molecular weight excluding hydrogens is 488 g/mol. The Bertz CT molecular complexity index is 1090. The smallest absolute Gasteiger partial charge is 0.305 e. The molecule has 0 radical (unpaired) electrons. The second-order valence-electron chi connectivity index (χ2n) is 12.1. The van der Waals surface area contributed by atoms with Gasteiger partial charge >= 0.3 is 11.9 Å². The van der Waals surface area contributed by atoms with Gasteiger partial charge in [0.15, 0.2) is 5.78 Å². The van der Waals surface area contributed by atoms with Gasteiger partial charge in [-0.1, -0.05) is 38.2 Å². The minimum Gasteiger partial charge on any atom is -0.465 e. The predicted molar refractivity (Wildman–Crippen MR) is 140 cm³/mol. The van der Waals surface area contributed by atoms with Gasteiger partial charge in [0.25, 0.3) is 0 Å². The Balaban J connectivity index is 1.67. The van der Waals surface area contributed by atoms with Gasteiger partial charge in [0.1, 0.15) is 17.8 Å². The van der Waals surface area contributed by atoms with Crippen LogP contribution in [0, 0.1) is 29.1 Å². The van der Waals surface area contributed by atoms with Crippen molar-refractivity contribution in [1.82, 2.24) is 0 Å². The normalized spacial score (nSPS) is 41.4. The average Bonchev–Trinajstić information content (AvgIpc) is 3.30. The summed E-state index contributed by atoms with van der Waals surface area (Å²) in [6.07, 6.45) is 10.5. The Morgan fingerprint density at radius 3 is 2.55 bits per heavy atom. The van der Waals surface area contributed by atoms with Gasteiger partial charge in [-0.15, -0.1) is 0 Å². The zero-order chi connectivity index (χ0) is 28.1. The first-order valence-corrected chi connectivity index (χ1v) is 13.8.